The van der Waals surface area contributed by atoms with Crippen LogP contribution in [-0.4, -0.2) is 56.4 Å². The molecule has 10 heteroatoms. The SMILES string of the molecule is COc1cc(F)cc(-c2nccc3[nH]c(-c4n[nH]c5ccc(-c6cncc(OC7CCNCC7)c6)nc45)cc23)c1. The van der Waals surface area contributed by atoms with Crippen molar-refractivity contribution in [1.82, 2.24) is 35.5 Å². The molecule has 1 fully saturated rings. The molecule has 1 aliphatic heterocycles. The van der Waals surface area contributed by atoms with Crippen molar-refractivity contribution < 1.29 is 13.9 Å². The summed E-state index contributed by atoms with van der Waals surface area (Å²) in [4.78, 5) is 17.3. The van der Waals surface area contributed by atoms with E-state index in [2.05, 4.69) is 30.5 Å². The number of benzene rings is 1. The molecule has 7 rings (SSSR count). The van der Waals surface area contributed by atoms with E-state index in [1.807, 2.05) is 30.3 Å². The molecule has 6 aromatic rings. The van der Waals surface area contributed by atoms with Crippen molar-refractivity contribution in [2.45, 2.75) is 18.9 Å². The first-order valence-electron chi connectivity index (χ1n) is 13.2. The molecular weight excluding hydrogens is 509 g/mol. The summed E-state index contributed by atoms with van der Waals surface area (Å²) < 4.78 is 25.7. The molecule has 1 saturated heterocycles. The van der Waals surface area contributed by atoms with Crippen LogP contribution < -0.4 is 14.8 Å². The van der Waals surface area contributed by atoms with Gasteiger partial charge in [-0.2, -0.15) is 5.10 Å². The fourth-order valence-electron chi connectivity index (χ4n) is 5.21. The van der Waals surface area contributed by atoms with Gasteiger partial charge in [-0.25, -0.2) is 9.37 Å². The molecule has 5 aromatic heterocycles. The van der Waals surface area contributed by atoms with Crippen LogP contribution >= 0.6 is 0 Å². The van der Waals surface area contributed by atoms with E-state index in [9.17, 15) is 4.39 Å². The van der Waals surface area contributed by atoms with Crippen molar-refractivity contribution in [3.8, 4) is 45.4 Å². The van der Waals surface area contributed by atoms with E-state index in [1.165, 1.54) is 19.2 Å². The number of rotatable bonds is 6. The van der Waals surface area contributed by atoms with E-state index >= 15 is 0 Å². The molecule has 0 bridgehead atoms. The van der Waals surface area contributed by atoms with E-state index in [-0.39, 0.29) is 6.10 Å². The Morgan fingerprint density at radius 3 is 2.65 bits per heavy atom. The lowest BCUT2D eigenvalue weighted by Gasteiger charge is -2.23. The summed E-state index contributed by atoms with van der Waals surface area (Å²) in [5.74, 6) is 0.779. The van der Waals surface area contributed by atoms with Crippen LogP contribution in [0.25, 0.3) is 55.8 Å². The lowest BCUT2D eigenvalue weighted by Crippen LogP contribution is -2.34. The average Bonchev–Trinajstić information content (AvgIpc) is 3.61. The van der Waals surface area contributed by atoms with Crippen molar-refractivity contribution in [2.75, 3.05) is 20.2 Å². The monoisotopic (exact) mass is 535 g/mol. The van der Waals surface area contributed by atoms with Gasteiger partial charge in [0.25, 0.3) is 0 Å². The summed E-state index contributed by atoms with van der Waals surface area (Å²) in [5, 5.41) is 11.8. The molecule has 0 radical (unpaired) electrons. The molecule has 1 aliphatic rings. The molecule has 3 N–H and O–H groups in total. The standard InChI is InChI=1S/C30H26FN7O2/c1-39-21-11-17(10-19(31)13-21)28-23-14-27(35-25(23)6-9-34-28)30-29-26(37-38-30)3-2-24(36-29)18-12-22(16-33-15-18)40-20-4-7-32-8-5-20/h2-3,6,9-16,20,32,35H,4-5,7-8H2,1H3,(H,37,38). The second kappa shape index (κ2) is 10.0. The van der Waals surface area contributed by atoms with Crippen LogP contribution in [0, 0.1) is 5.82 Å². The normalized spacial score (nSPS) is 14.2. The zero-order valence-corrected chi connectivity index (χ0v) is 21.7. The Morgan fingerprint density at radius 2 is 1.77 bits per heavy atom. The largest absolute Gasteiger partial charge is 0.497 e. The van der Waals surface area contributed by atoms with Crippen molar-refractivity contribution >= 4 is 21.9 Å². The number of aromatic amines is 2. The number of H-pyrrole nitrogens is 2. The smallest absolute Gasteiger partial charge is 0.138 e. The summed E-state index contributed by atoms with van der Waals surface area (Å²) in [5.41, 5.74) is 6.71. The van der Waals surface area contributed by atoms with E-state index in [0.717, 1.165) is 70.6 Å². The fourth-order valence-corrected chi connectivity index (χ4v) is 5.21. The van der Waals surface area contributed by atoms with Crippen molar-refractivity contribution in [3.63, 3.8) is 0 Å². The molecule has 0 spiro atoms. The van der Waals surface area contributed by atoms with Crippen molar-refractivity contribution in [3.05, 3.63) is 72.9 Å². The minimum atomic E-state index is -0.390. The molecule has 0 atom stereocenters. The van der Waals surface area contributed by atoms with Gasteiger partial charge in [-0.3, -0.25) is 15.1 Å². The zero-order chi connectivity index (χ0) is 27.1. The number of piperidine rings is 1. The summed E-state index contributed by atoms with van der Waals surface area (Å²) in [6.07, 6.45) is 7.36. The number of hydrogen-bond acceptors (Lipinski definition) is 7. The van der Waals surface area contributed by atoms with Gasteiger partial charge >= 0.3 is 0 Å². The van der Waals surface area contributed by atoms with Gasteiger partial charge in [0.15, 0.2) is 0 Å². The third-order valence-electron chi connectivity index (χ3n) is 7.19. The van der Waals surface area contributed by atoms with Crippen molar-refractivity contribution in [2.24, 2.45) is 0 Å². The topological polar surface area (TPSA) is 114 Å². The van der Waals surface area contributed by atoms with Gasteiger partial charge in [-0.05, 0) is 68.4 Å². The van der Waals surface area contributed by atoms with Crippen LogP contribution in [0.4, 0.5) is 4.39 Å². The van der Waals surface area contributed by atoms with Gasteiger partial charge in [0.1, 0.15) is 34.6 Å². The van der Waals surface area contributed by atoms with Crippen LogP contribution in [-0.2, 0) is 0 Å². The summed E-state index contributed by atoms with van der Waals surface area (Å²) in [6.45, 7) is 1.92. The molecule has 200 valence electrons. The number of hydrogen-bond donors (Lipinski definition) is 3. The second-order valence-electron chi connectivity index (χ2n) is 9.82. The number of halogens is 1. The van der Waals surface area contributed by atoms with Crippen LogP contribution in [0.2, 0.25) is 0 Å². The van der Waals surface area contributed by atoms with Crippen LogP contribution in [0.1, 0.15) is 12.8 Å². The van der Waals surface area contributed by atoms with E-state index in [1.54, 1.807) is 24.7 Å². The van der Waals surface area contributed by atoms with Gasteiger partial charge < -0.3 is 19.8 Å². The molecule has 1 aromatic carbocycles. The van der Waals surface area contributed by atoms with Gasteiger partial charge in [0, 0.05) is 40.5 Å². The lowest BCUT2D eigenvalue weighted by molar-refractivity contribution is 0.162. The Labute approximate surface area is 228 Å². The van der Waals surface area contributed by atoms with E-state index < -0.39 is 5.82 Å². The highest BCUT2D eigenvalue weighted by Crippen LogP contribution is 2.34. The molecule has 6 heterocycles. The Balaban J connectivity index is 1.26. The first kappa shape index (κ1) is 24.2. The van der Waals surface area contributed by atoms with Crippen LogP contribution in [0.5, 0.6) is 11.5 Å². The second-order valence-corrected chi connectivity index (χ2v) is 9.82. The van der Waals surface area contributed by atoms with Gasteiger partial charge in [-0.1, -0.05) is 0 Å². The zero-order valence-electron chi connectivity index (χ0n) is 21.7. The molecule has 0 unspecified atom stereocenters. The average molecular weight is 536 g/mol. The van der Waals surface area contributed by atoms with Gasteiger partial charge in [0.2, 0.25) is 0 Å². The maximum absolute atomic E-state index is 14.3. The highest BCUT2D eigenvalue weighted by Gasteiger charge is 2.18. The maximum Gasteiger partial charge on any atom is 0.138 e. The Morgan fingerprint density at radius 1 is 0.900 bits per heavy atom. The fraction of sp³-hybridized carbons (Fsp3) is 0.200. The third kappa shape index (κ3) is 4.52. The van der Waals surface area contributed by atoms with E-state index in [4.69, 9.17) is 14.5 Å². The molecule has 9 nitrogen and oxygen atoms in total. The third-order valence-corrected chi connectivity index (χ3v) is 7.19. The minimum absolute atomic E-state index is 0.184. The molecule has 0 aliphatic carbocycles. The molecule has 40 heavy (non-hydrogen) atoms. The number of ether oxygens (including phenoxy) is 2. The summed E-state index contributed by atoms with van der Waals surface area (Å²) in [7, 11) is 1.51. The van der Waals surface area contributed by atoms with Crippen LogP contribution in [0.15, 0.2) is 67.1 Å². The number of pyridine rings is 3. The summed E-state index contributed by atoms with van der Waals surface area (Å²) in [6, 6.07) is 14.3. The van der Waals surface area contributed by atoms with Crippen molar-refractivity contribution in [1.29, 1.82) is 0 Å². The maximum atomic E-state index is 14.3. The number of methoxy groups -OCH3 is 1. The van der Waals surface area contributed by atoms with Crippen LogP contribution in [0.3, 0.4) is 0 Å². The highest BCUT2D eigenvalue weighted by atomic mass is 19.1. The van der Waals surface area contributed by atoms with Gasteiger partial charge in [0.05, 0.1) is 35.9 Å². The minimum Gasteiger partial charge on any atom is -0.497 e. The lowest BCUT2D eigenvalue weighted by atomic mass is 10.1. The number of fused-ring (bicyclic) bond motifs is 2. The number of aromatic nitrogens is 6. The highest BCUT2D eigenvalue weighted by molar-refractivity contribution is 5.99. The first-order valence-corrected chi connectivity index (χ1v) is 13.2. The predicted octanol–water partition coefficient (Wildman–Crippen LogP) is 5.51. The molecular formula is C30H26FN7O2. The quantitative estimate of drug-likeness (QED) is 0.258. The number of nitrogens with one attached hydrogen (secondary N) is 3. The predicted molar refractivity (Wildman–Crippen MR) is 151 cm³/mol. The molecule has 0 saturated carbocycles. The Hall–Kier alpha value is -4.83. The Bertz CT molecular complexity index is 1840. The first-order chi connectivity index (χ1) is 19.6. The summed E-state index contributed by atoms with van der Waals surface area (Å²) >= 11 is 0. The molecule has 0 amide bonds. The van der Waals surface area contributed by atoms with Gasteiger partial charge in [-0.15, -0.1) is 0 Å². The number of nitrogens with zero attached hydrogens (tertiary/aromatic N) is 4. The van der Waals surface area contributed by atoms with E-state index in [0.29, 0.717) is 22.7 Å². The Kier molecular flexibility index (Phi) is 6.09.